The summed E-state index contributed by atoms with van der Waals surface area (Å²) < 4.78 is 5.28. The molecule has 1 radical (unpaired) electrons. The van der Waals surface area contributed by atoms with E-state index in [1.807, 2.05) is 31.3 Å². The van der Waals surface area contributed by atoms with Gasteiger partial charge in [0.15, 0.2) is 0 Å². The van der Waals surface area contributed by atoms with Gasteiger partial charge in [-0.15, -0.1) is 0 Å². The van der Waals surface area contributed by atoms with Crippen LogP contribution in [0.3, 0.4) is 0 Å². The molecule has 0 bridgehead atoms. The van der Waals surface area contributed by atoms with E-state index >= 15 is 0 Å². The zero-order chi connectivity index (χ0) is 21.0. The van der Waals surface area contributed by atoms with E-state index < -0.39 is 5.41 Å². The number of hydrogen-bond donors (Lipinski definition) is 1. The molecule has 0 aliphatic carbocycles. The molecule has 29 heavy (non-hydrogen) atoms. The number of aryl methyl sites for hydroxylation is 1. The molecule has 2 heterocycles. The van der Waals surface area contributed by atoms with Crippen LogP contribution >= 0.6 is 0 Å². The second-order valence-corrected chi connectivity index (χ2v) is 7.65. The Labute approximate surface area is 173 Å². The fourth-order valence-electron chi connectivity index (χ4n) is 3.23. The zero-order valence-electron chi connectivity index (χ0n) is 17.6. The molecule has 1 aromatic carbocycles. The number of ether oxygens (including phenoxy) is 1. The molecule has 6 heteroatoms. The molecule has 0 aliphatic rings. The van der Waals surface area contributed by atoms with Crippen LogP contribution in [0.25, 0.3) is 11.1 Å². The number of pyridine rings is 1. The standard InChI is InChI=1S/C23H26BN4O/c1-15(2)23(4,22(24)26-21-11-6-16(3)27-28-21)19-9-7-17(8-10-19)18-12-20(29-5)14-25-13-18/h6-15H,1-5H3,(H,26,28). The number of benzene rings is 1. The Bertz CT molecular complexity index is 987. The van der Waals surface area contributed by atoms with E-state index in [-0.39, 0.29) is 5.92 Å². The van der Waals surface area contributed by atoms with E-state index in [0.717, 1.165) is 28.1 Å². The zero-order valence-corrected chi connectivity index (χ0v) is 17.6. The van der Waals surface area contributed by atoms with Gasteiger partial charge in [0.25, 0.3) is 0 Å². The van der Waals surface area contributed by atoms with Gasteiger partial charge in [0.1, 0.15) is 0 Å². The van der Waals surface area contributed by atoms with Gasteiger partial charge < -0.3 is 0 Å². The van der Waals surface area contributed by atoms with Crippen LogP contribution in [0.2, 0.25) is 0 Å². The van der Waals surface area contributed by atoms with Crippen molar-refractivity contribution in [2.45, 2.75) is 33.1 Å². The van der Waals surface area contributed by atoms with Crippen molar-refractivity contribution < 1.29 is 4.74 Å². The number of anilines is 1. The molecule has 0 spiro atoms. The number of aromatic nitrogens is 3. The predicted octanol–water partition coefficient (Wildman–Crippen LogP) is 4.18. The van der Waals surface area contributed by atoms with Crippen LogP contribution in [-0.4, -0.2) is 35.4 Å². The van der Waals surface area contributed by atoms with Gasteiger partial charge in [0.2, 0.25) is 0 Å². The first-order chi connectivity index (χ1) is 13.8. The van der Waals surface area contributed by atoms with Gasteiger partial charge in [0.05, 0.1) is 0 Å². The average molecular weight is 385 g/mol. The number of hydrogen-bond acceptors (Lipinski definition) is 5. The van der Waals surface area contributed by atoms with Crippen molar-refractivity contribution in [1.29, 1.82) is 0 Å². The minimum absolute atomic E-state index is 0.262. The molecule has 3 rings (SSSR count). The molecule has 0 saturated heterocycles. The van der Waals surface area contributed by atoms with Crippen LogP contribution in [0.1, 0.15) is 32.0 Å². The third-order valence-electron chi connectivity index (χ3n) is 5.54. The summed E-state index contributed by atoms with van der Waals surface area (Å²) in [6, 6.07) is 14.2. The van der Waals surface area contributed by atoms with E-state index in [0.29, 0.717) is 11.4 Å². The third-order valence-corrected chi connectivity index (χ3v) is 5.54. The first kappa shape index (κ1) is 20.7. The van der Waals surface area contributed by atoms with Crippen LogP contribution in [0, 0.1) is 12.8 Å². The molecule has 0 amide bonds. The Morgan fingerprint density at radius 1 is 1.03 bits per heavy atom. The number of methoxy groups -OCH3 is 1. The summed E-state index contributed by atoms with van der Waals surface area (Å²) in [6.07, 6.45) is 3.53. The summed E-state index contributed by atoms with van der Waals surface area (Å²) >= 11 is 0. The van der Waals surface area contributed by atoms with E-state index in [1.165, 1.54) is 0 Å². The first-order valence-corrected chi connectivity index (χ1v) is 9.64. The Morgan fingerprint density at radius 3 is 2.34 bits per heavy atom. The topological polar surface area (TPSA) is 59.9 Å². The van der Waals surface area contributed by atoms with Crippen molar-refractivity contribution in [3.63, 3.8) is 0 Å². The van der Waals surface area contributed by atoms with Crippen molar-refractivity contribution in [3.8, 4) is 16.9 Å². The van der Waals surface area contributed by atoms with Crippen molar-refractivity contribution in [2.75, 3.05) is 12.4 Å². The van der Waals surface area contributed by atoms with E-state index in [2.05, 4.69) is 65.5 Å². The molecule has 2 aromatic heterocycles. The molecule has 0 saturated carbocycles. The molecule has 1 N–H and O–H groups in total. The fraction of sp³-hybridized carbons (Fsp3) is 0.304. The summed E-state index contributed by atoms with van der Waals surface area (Å²) in [6.45, 7) is 8.37. The quantitative estimate of drug-likeness (QED) is 0.619. The number of nitrogens with one attached hydrogen (secondary N) is 1. The monoisotopic (exact) mass is 385 g/mol. The molecular formula is C23H26BN4O. The molecule has 3 aromatic rings. The van der Waals surface area contributed by atoms with Gasteiger partial charge >= 0.3 is 173 Å². The normalized spacial score (nSPS) is 13.0. The number of nitrogens with zero attached hydrogens (tertiary/aromatic N) is 3. The summed E-state index contributed by atoms with van der Waals surface area (Å²) in [5, 5.41) is 11.5. The molecule has 5 nitrogen and oxygen atoms in total. The summed E-state index contributed by atoms with van der Waals surface area (Å²) in [7, 11) is 8.19. The summed E-state index contributed by atoms with van der Waals surface area (Å²) in [5.41, 5.74) is 4.31. The van der Waals surface area contributed by atoms with Gasteiger partial charge in [-0.1, -0.05) is 0 Å². The van der Waals surface area contributed by atoms with Gasteiger partial charge in [-0.05, 0) is 0 Å². The minimum atomic E-state index is -0.391. The van der Waals surface area contributed by atoms with Crippen LogP contribution in [0.15, 0.2) is 54.9 Å². The van der Waals surface area contributed by atoms with Crippen LogP contribution < -0.4 is 10.1 Å². The molecule has 0 fully saturated rings. The summed E-state index contributed by atoms with van der Waals surface area (Å²) in [5.74, 6) is 1.64. The van der Waals surface area contributed by atoms with Crippen molar-refractivity contribution in [2.24, 2.45) is 5.92 Å². The molecule has 1 unspecified atom stereocenters. The predicted molar refractivity (Wildman–Crippen MR) is 120 cm³/mol. The Balaban J connectivity index is 1.89. The Hall–Kier alpha value is -3.02. The van der Waals surface area contributed by atoms with Crippen molar-refractivity contribution in [3.05, 3.63) is 66.1 Å². The molecule has 147 valence electrons. The van der Waals surface area contributed by atoms with Crippen LogP contribution in [0.4, 0.5) is 5.82 Å². The summed E-state index contributed by atoms with van der Waals surface area (Å²) in [4.78, 5) is 4.24. The average Bonchev–Trinajstić information content (AvgIpc) is 2.74. The van der Waals surface area contributed by atoms with Crippen molar-refractivity contribution >= 4 is 18.9 Å². The molecule has 1 atom stereocenters. The van der Waals surface area contributed by atoms with E-state index in [9.17, 15) is 0 Å². The maximum atomic E-state index is 6.55. The van der Waals surface area contributed by atoms with E-state index in [1.54, 1.807) is 13.3 Å². The second-order valence-electron chi connectivity index (χ2n) is 7.65. The first-order valence-electron chi connectivity index (χ1n) is 9.64. The SMILES string of the molecule is [B]=C(Nc1ccc(C)nn1)C(C)(c1ccc(-c2cncc(OC)c2)cc1)C(C)C. The van der Waals surface area contributed by atoms with Gasteiger partial charge in [-0.3, -0.25) is 0 Å². The van der Waals surface area contributed by atoms with Crippen molar-refractivity contribution in [1.82, 2.24) is 15.2 Å². The van der Waals surface area contributed by atoms with Crippen LogP contribution in [-0.2, 0) is 5.41 Å². The Kier molecular flexibility index (Phi) is 6.11. The second kappa shape index (κ2) is 8.56. The van der Waals surface area contributed by atoms with Gasteiger partial charge in [-0.25, -0.2) is 0 Å². The maximum absolute atomic E-state index is 6.55. The molecular weight excluding hydrogens is 359 g/mol. The van der Waals surface area contributed by atoms with Gasteiger partial charge in [-0.2, -0.15) is 0 Å². The Morgan fingerprint density at radius 2 is 1.76 bits per heavy atom. The number of rotatable bonds is 7. The van der Waals surface area contributed by atoms with Gasteiger partial charge in [0, 0.05) is 0 Å². The van der Waals surface area contributed by atoms with Crippen LogP contribution in [0.5, 0.6) is 5.75 Å². The fourth-order valence-corrected chi connectivity index (χ4v) is 3.23. The third kappa shape index (κ3) is 4.37. The molecule has 0 aliphatic heterocycles. The van der Waals surface area contributed by atoms with E-state index in [4.69, 9.17) is 12.2 Å².